The number of carbonyl (C=O) groups is 1. The highest BCUT2D eigenvalue weighted by atomic mass is 16.5. The molecule has 1 amide bonds. The van der Waals surface area contributed by atoms with Crippen LogP contribution in [0.4, 0.5) is 0 Å². The number of nitrogens with zero attached hydrogens (tertiary/aromatic N) is 2. The highest BCUT2D eigenvalue weighted by Gasteiger charge is 2.22. The number of hydrogen-bond donors (Lipinski definition) is 1. The topological polar surface area (TPSA) is 76.3 Å². The summed E-state index contributed by atoms with van der Waals surface area (Å²) in [5.74, 6) is 1.55. The van der Waals surface area contributed by atoms with Crippen LogP contribution in [0.3, 0.4) is 0 Å². The summed E-state index contributed by atoms with van der Waals surface area (Å²) in [5.41, 5.74) is 2.43. The van der Waals surface area contributed by atoms with E-state index >= 15 is 0 Å². The zero-order valence-electron chi connectivity index (χ0n) is 17.2. The molecular weight excluding hydrogens is 378 g/mol. The van der Waals surface area contributed by atoms with Crippen LogP contribution in [0.1, 0.15) is 37.4 Å². The minimum absolute atomic E-state index is 0.106. The van der Waals surface area contributed by atoms with E-state index in [0.717, 1.165) is 34.4 Å². The fraction of sp³-hybridized carbons (Fsp3) is 0.333. The molecule has 0 aliphatic carbocycles. The Hall–Kier alpha value is -3.46. The van der Waals surface area contributed by atoms with Crippen LogP contribution < -0.4 is 14.8 Å². The quantitative estimate of drug-likeness (QED) is 0.693. The smallest absolute Gasteiger partial charge is 0.240 e. The summed E-state index contributed by atoms with van der Waals surface area (Å²) >= 11 is 0. The van der Waals surface area contributed by atoms with Crippen LogP contribution >= 0.6 is 0 Å². The second-order valence-corrected chi connectivity index (χ2v) is 7.85. The summed E-state index contributed by atoms with van der Waals surface area (Å²) in [6, 6.07) is 15.5. The number of nitriles is 1. The molecule has 0 spiro atoms. The van der Waals surface area contributed by atoms with Crippen LogP contribution in [0.2, 0.25) is 0 Å². The molecule has 6 heteroatoms. The second-order valence-electron chi connectivity index (χ2n) is 7.85. The van der Waals surface area contributed by atoms with Gasteiger partial charge in [0.15, 0.2) is 11.5 Å². The molecule has 0 bridgehead atoms. The molecule has 1 aliphatic heterocycles. The third kappa shape index (κ3) is 3.97. The van der Waals surface area contributed by atoms with Crippen molar-refractivity contribution in [1.29, 1.82) is 5.26 Å². The third-order valence-corrected chi connectivity index (χ3v) is 5.34. The normalized spacial score (nSPS) is 14.2. The van der Waals surface area contributed by atoms with Crippen molar-refractivity contribution in [2.24, 2.45) is 5.92 Å². The summed E-state index contributed by atoms with van der Waals surface area (Å²) in [5, 5.41) is 13.4. The Labute approximate surface area is 176 Å². The molecule has 1 aromatic heterocycles. The molecule has 0 saturated heterocycles. The Kier molecular flexibility index (Phi) is 5.62. The van der Waals surface area contributed by atoms with Gasteiger partial charge in [0.25, 0.3) is 0 Å². The second kappa shape index (κ2) is 8.50. The van der Waals surface area contributed by atoms with Gasteiger partial charge in [0.2, 0.25) is 5.91 Å². The molecule has 0 fully saturated rings. The zero-order valence-corrected chi connectivity index (χ0v) is 17.2. The van der Waals surface area contributed by atoms with Gasteiger partial charge < -0.3 is 19.4 Å². The number of fused-ring (bicyclic) bond motifs is 2. The zero-order chi connectivity index (χ0) is 21.1. The van der Waals surface area contributed by atoms with Gasteiger partial charge in [-0.15, -0.1) is 0 Å². The molecule has 6 nitrogen and oxygen atoms in total. The number of amides is 1. The number of carbonyl (C=O) groups excluding carboxylic acids is 1. The molecule has 2 heterocycles. The van der Waals surface area contributed by atoms with Gasteiger partial charge in [-0.3, -0.25) is 4.79 Å². The van der Waals surface area contributed by atoms with Gasteiger partial charge >= 0.3 is 0 Å². The van der Waals surface area contributed by atoms with Crippen LogP contribution in [0.15, 0.2) is 48.7 Å². The Morgan fingerprint density at radius 3 is 2.70 bits per heavy atom. The first-order valence-corrected chi connectivity index (χ1v) is 10.2. The van der Waals surface area contributed by atoms with Crippen molar-refractivity contribution >= 4 is 16.8 Å². The van der Waals surface area contributed by atoms with Crippen molar-refractivity contribution < 1.29 is 14.3 Å². The SMILES string of the molecule is CC(C)[C@@H](NC(=O)Cn1cc(C#N)c2ccccc21)c1ccc2c(c1)OCCCO2. The van der Waals surface area contributed by atoms with Crippen LogP contribution in [0.5, 0.6) is 11.5 Å². The lowest BCUT2D eigenvalue weighted by atomic mass is 9.95. The van der Waals surface area contributed by atoms with Crippen molar-refractivity contribution in [3.8, 4) is 17.6 Å². The van der Waals surface area contributed by atoms with Gasteiger partial charge in [0.1, 0.15) is 12.6 Å². The fourth-order valence-electron chi connectivity index (χ4n) is 3.85. The van der Waals surface area contributed by atoms with Gasteiger partial charge in [-0.25, -0.2) is 0 Å². The molecule has 0 saturated carbocycles. The van der Waals surface area contributed by atoms with Crippen molar-refractivity contribution in [3.05, 3.63) is 59.8 Å². The first-order chi connectivity index (χ1) is 14.6. The molecule has 2 aromatic carbocycles. The summed E-state index contributed by atoms with van der Waals surface area (Å²) in [6.07, 6.45) is 2.59. The maximum Gasteiger partial charge on any atom is 0.240 e. The van der Waals surface area contributed by atoms with E-state index in [1.54, 1.807) is 6.20 Å². The maximum absolute atomic E-state index is 12.9. The van der Waals surface area contributed by atoms with E-state index in [4.69, 9.17) is 9.47 Å². The lowest BCUT2D eigenvalue weighted by Crippen LogP contribution is -2.34. The fourth-order valence-corrected chi connectivity index (χ4v) is 3.85. The number of hydrogen-bond acceptors (Lipinski definition) is 4. The number of para-hydroxylation sites is 1. The van der Waals surface area contributed by atoms with Gasteiger partial charge in [-0.1, -0.05) is 38.1 Å². The predicted octanol–water partition coefficient (Wildman–Crippen LogP) is 4.19. The molecular formula is C24H25N3O3. The number of rotatable bonds is 5. The molecule has 1 aliphatic rings. The summed E-state index contributed by atoms with van der Waals surface area (Å²) < 4.78 is 13.4. The summed E-state index contributed by atoms with van der Waals surface area (Å²) in [4.78, 5) is 12.9. The monoisotopic (exact) mass is 403 g/mol. The highest BCUT2D eigenvalue weighted by molar-refractivity contribution is 5.88. The molecule has 0 radical (unpaired) electrons. The van der Waals surface area contributed by atoms with E-state index in [0.29, 0.717) is 18.8 Å². The van der Waals surface area contributed by atoms with E-state index in [-0.39, 0.29) is 24.4 Å². The van der Waals surface area contributed by atoms with E-state index in [9.17, 15) is 10.1 Å². The van der Waals surface area contributed by atoms with E-state index in [1.807, 2.05) is 47.0 Å². The van der Waals surface area contributed by atoms with Crippen molar-refractivity contribution in [3.63, 3.8) is 0 Å². The van der Waals surface area contributed by atoms with E-state index < -0.39 is 0 Å². The predicted molar refractivity (Wildman–Crippen MR) is 114 cm³/mol. The van der Waals surface area contributed by atoms with Gasteiger partial charge in [0, 0.05) is 23.5 Å². The van der Waals surface area contributed by atoms with Crippen molar-refractivity contribution in [1.82, 2.24) is 9.88 Å². The molecule has 4 rings (SSSR count). The lowest BCUT2D eigenvalue weighted by molar-refractivity contribution is -0.122. The van der Waals surface area contributed by atoms with E-state index in [1.165, 1.54) is 0 Å². The van der Waals surface area contributed by atoms with Crippen LogP contribution in [-0.2, 0) is 11.3 Å². The van der Waals surface area contributed by atoms with Crippen molar-refractivity contribution in [2.75, 3.05) is 13.2 Å². The molecule has 1 N–H and O–H groups in total. The van der Waals surface area contributed by atoms with E-state index in [2.05, 4.69) is 25.2 Å². The Balaban J connectivity index is 1.55. The molecule has 154 valence electrons. The Morgan fingerprint density at radius 2 is 1.93 bits per heavy atom. The molecule has 30 heavy (non-hydrogen) atoms. The lowest BCUT2D eigenvalue weighted by Gasteiger charge is -2.24. The number of nitrogens with one attached hydrogen (secondary N) is 1. The first kappa shape index (κ1) is 19.8. The summed E-state index contributed by atoms with van der Waals surface area (Å²) in [6.45, 7) is 5.57. The minimum Gasteiger partial charge on any atom is -0.490 e. The van der Waals surface area contributed by atoms with Crippen LogP contribution in [0.25, 0.3) is 10.9 Å². The number of aromatic nitrogens is 1. The summed E-state index contributed by atoms with van der Waals surface area (Å²) in [7, 11) is 0. The highest BCUT2D eigenvalue weighted by Crippen LogP contribution is 2.34. The maximum atomic E-state index is 12.9. The molecule has 1 atom stereocenters. The third-order valence-electron chi connectivity index (χ3n) is 5.34. The minimum atomic E-state index is -0.160. The van der Waals surface area contributed by atoms with Crippen LogP contribution in [0, 0.1) is 17.2 Å². The standard InChI is InChI=1S/C24H25N3O3/c1-16(2)24(17-8-9-21-22(12-17)30-11-5-10-29-21)26-23(28)15-27-14-18(13-25)19-6-3-4-7-20(19)27/h3-4,6-9,12,14,16,24H,5,10-11,15H2,1-2H3,(H,26,28)/t24-/m1/s1. The Morgan fingerprint density at radius 1 is 1.17 bits per heavy atom. The first-order valence-electron chi connectivity index (χ1n) is 10.2. The van der Waals surface area contributed by atoms with Gasteiger partial charge in [-0.2, -0.15) is 5.26 Å². The van der Waals surface area contributed by atoms with Crippen molar-refractivity contribution in [2.45, 2.75) is 32.9 Å². The average Bonchev–Trinajstić information content (AvgIpc) is 2.92. The average molecular weight is 403 g/mol. The molecule has 0 unspecified atom stereocenters. The number of ether oxygens (including phenoxy) is 2. The van der Waals surface area contributed by atoms with Gasteiger partial charge in [-0.05, 0) is 29.7 Å². The molecule has 3 aromatic rings. The number of benzene rings is 2. The Bertz CT molecular complexity index is 1110. The van der Waals surface area contributed by atoms with Crippen LogP contribution in [-0.4, -0.2) is 23.7 Å². The van der Waals surface area contributed by atoms with Gasteiger partial charge in [0.05, 0.1) is 24.8 Å². The largest absolute Gasteiger partial charge is 0.490 e.